The lowest BCUT2D eigenvalue weighted by Gasteiger charge is -2.19. The molecule has 2 aromatic carbocycles. The van der Waals surface area contributed by atoms with Gasteiger partial charge in [0.05, 0.1) is 22.2 Å². The number of nitrogens with zero attached hydrogens (tertiary/aromatic N) is 2. The molecule has 0 radical (unpaired) electrons. The number of phenolic OH excluding ortho intramolecular Hbond substituents is 1. The van der Waals surface area contributed by atoms with Crippen molar-refractivity contribution in [3.63, 3.8) is 0 Å². The molecular weight excluding hydrogens is 500 g/mol. The fourth-order valence-electron chi connectivity index (χ4n) is 3.69. The molecule has 0 aliphatic carbocycles. The first-order chi connectivity index (χ1) is 15.0. The summed E-state index contributed by atoms with van der Waals surface area (Å²) in [5.74, 6) is -0.718. The zero-order valence-corrected chi connectivity index (χ0v) is 20.6. The molecule has 0 spiro atoms. The lowest BCUT2D eigenvalue weighted by Crippen LogP contribution is -2.20. The number of hydrogen-bond acceptors (Lipinski definition) is 6. The van der Waals surface area contributed by atoms with Crippen LogP contribution in [0.2, 0.25) is 0 Å². The predicted octanol–water partition coefficient (Wildman–Crippen LogP) is 4.09. The highest BCUT2D eigenvalue weighted by Crippen LogP contribution is 2.41. The summed E-state index contributed by atoms with van der Waals surface area (Å²) in [6, 6.07) is 8.23. The van der Waals surface area contributed by atoms with Gasteiger partial charge in [-0.05, 0) is 55.5 Å². The Labute approximate surface area is 195 Å². The van der Waals surface area contributed by atoms with Gasteiger partial charge < -0.3 is 19.3 Å². The highest BCUT2D eigenvalue weighted by Gasteiger charge is 2.32. The number of esters is 1. The van der Waals surface area contributed by atoms with Crippen LogP contribution in [-0.2, 0) is 21.4 Å². The van der Waals surface area contributed by atoms with E-state index in [0.717, 1.165) is 5.56 Å². The molecule has 0 bridgehead atoms. The maximum absolute atomic E-state index is 12.8. The van der Waals surface area contributed by atoms with Gasteiger partial charge in [0.1, 0.15) is 5.75 Å². The molecule has 10 heteroatoms. The maximum Gasteiger partial charge on any atom is 0.340 e. The molecule has 3 aromatic rings. The Morgan fingerprint density at radius 2 is 1.88 bits per heavy atom. The topological polar surface area (TPSA) is 109 Å². The van der Waals surface area contributed by atoms with E-state index in [0.29, 0.717) is 26.5 Å². The minimum atomic E-state index is -4.64. The lowest BCUT2D eigenvalue weighted by molar-refractivity contribution is 0.0528. The first kappa shape index (κ1) is 24.2. The van der Waals surface area contributed by atoms with E-state index in [-0.39, 0.29) is 24.5 Å². The van der Waals surface area contributed by atoms with Crippen molar-refractivity contribution in [2.75, 3.05) is 20.7 Å². The number of benzene rings is 2. The normalized spacial score (nSPS) is 13.0. The molecule has 8 nitrogen and oxygen atoms in total. The third-order valence-corrected chi connectivity index (χ3v) is 6.68. The fraction of sp³-hybridized carbons (Fsp3) is 0.318. The molecule has 0 amide bonds. The van der Waals surface area contributed by atoms with Gasteiger partial charge in [-0.15, -0.1) is 0 Å². The lowest BCUT2D eigenvalue weighted by atomic mass is 10.0. The first-order valence-electron chi connectivity index (χ1n) is 9.85. The molecule has 1 heterocycles. The molecule has 172 valence electrons. The van der Waals surface area contributed by atoms with Crippen molar-refractivity contribution in [3.05, 3.63) is 63.3 Å². The van der Waals surface area contributed by atoms with Crippen LogP contribution in [0.5, 0.6) is 5.75 Å². The first-order valence-corrected chi connectivity index (χ1v) is 12.1. The zero-order valence-electron chi connectivity index (χ0n) is 18.2. The van der Waals surface area contributed by atoms with Crippen LogP contribution >= 0.6 is 15.9 Å². The summed E-state index contributed by atoms with van der Waals surface area (Å²) in [5, 5.41) is 9.59. The summed E-state index contributed by atoms with van der Waals surface area (Å²) in [7, 11) is -1.02. The standard InChI is InChI=1S/C22H25BrN2O6S/c1-5-31-22(27)16-12-25(21(32(28,29)30)14-8-6-13(2)7-9-14)18-10-17(23)20(26)15(19(16)18)11-24(3)4/h6-10,12,21,26H,5,11H2,1-4H3,(H,28,29,30). The Bertz CT molecular complexity index is 1270. The number of aromatic hydroxyl groups is 1. The Morgan fingerprint density at radius 1 is 1.25 bits per heavy atom. The smallest absolute Gasteiger partial charge is 0.340 e. The van der Waals surface area contributed by atoms with E-state index in [1.165, 1.54) is 16.8 Å². The van der Waals surface area contributed by atoms with E-state index < -0.39 is 21.5 Å². The number of rotatable bonds is 7. The predicted molar refractivity (Wildman–Crippen MR) is 126 cm³/mol. The summed E-state index contributed by atoms with van der Waals surface area (Å²) in [6.45, 7) is 3.93. The van der Waals surface area contributed by atoms with Crippen LogP contribution in [-0.4, -0.2) is 54.2 Å². The second-order valence-corrected chi connectivity index (χ2v) is 10.1. The van der Waals surface area contributed by atoms with Crippen LogP contribution in [0.1, 0.15) is 39.3 Å². The molecule has 0 saturated carbocycles. The van der Waals surface area contributed by atoms with Crippen LogP contribution < -0.4 is 0 Å². The molecule has 32 heavy (non-hydrogen) atoms. The van der Waals surface area contributed by atoms with Crippen LogP contribution in [0.15, 0.2) is 41.0 Å². The van der Waals surface area contributed by atoms with Crippen molar-refractivity contribution in [2.45, 2.75) is 25.8 Å². The minimum absolute atomic E-state index is 0.0618. The molecule has 0 aliphatic heterocycles. The highest BCUT2D eigenvalue weighted by atomic mass is 79.9. The fourth-order valence-corrected chi connectivity index (χ4v) is 5.11. The van der Waals surface area contributed by atoms with Crippen molar-refractivity contribution >= 4 is 42.9 Å². The second-order valence-electron chi connectivity index (χ2n) is 7.77. The van der Waals surface area contributed by atoms with E-state index in [9.17, 15) is 22.9 Å². The number of halogens is 1. The number of fused-ring (bicyclic) bond motifs is 1. The molecule has 3 rings (SSSR count). The Kier molecular flexibility index (Phi) is 6.99. The van der Waals surface area contributed by atoms with Crippen LogP contribution in [0, 0.1) is 6.92 Å². The van der Waals surface area contributed by atoms with Crippen LogP contribution in [0.3, 0.4) is 0 Å². The van der Waals surface area contributed by atoms with Crippen molar-refractivity contribution < 1.29 is 27.6 Å². The van der Waals surface area contributed by atoms with Gasteiger partial charge in [-0.2, -0.15) is 8.42 Å². The average Bonchev–Trinajstić information content (AvgIpc) is 3.04. The minimum Gasteiger partial charge on any atom is -0.506 e. The van der Waals surface area contributed by atoms with E-state index in [4.69, 9.17) is 4.74 Å². The zero-order chi connectivity index (χ0) is 23.8. The van der Waals surface area contributed by atoms with Gasteiger partial charge in [-0.3, -0.25) is 4.55 Å². The van der Waals surface area contributed by atoms with Crippen LogP contribution in [0.4, 0.5) is 0 Å². The van der Waals surface area contributed by atoms with Crippen LogP contribution in [0.25, 0.3) is 10.9 Å². The van der Waals surface area contributed by atoms with Crippen molar-refractivity contribution in [2.24, 2.45) is 0 Å². The number of phenols is 1. The number of ether oxygens (including phenoxy) is 1. The Hall–Kier alpha value is -2.40. The Morgan fingerprint density at radius 3 is 2.41 bits per heavy atom. The van der Waals surface area contributed by atoms with Gasteiger partial charge in [-0.25, -0.2) is 4.79 Å². The van der Waals surface area contributed by atoms with Gasteiger partial charge in [0.2, 0.25) is 0 Å². The van der Waals surface area contributed by atoms with E-state index in [1.54, 1.807) is 45.3 Å². The molecule has 0 aliphatic rings. The quantitative estimate of drug-likeness (QED) is 0.353. The largest absolute Gasteiger partial charge is 0.506 e. The maximum atomic E-state index is 12.8. The number of carbonyl (C=O) groups excluding carboxylic acids is 1. The molecule has 0 fully saturated rings. The van der Waals surface area contributed by atoms with Gasteiger partial charge >= 0.3 is 5.97 Å². The number of aromatic nitrogens is 1. The third-order valence-electron chi connectivity index (χ3n) is 5.02. The summed E-state index contributed by atoms with van der Waals surface area (Å²) in [5.41, 5.74) is 2.12. The molecular formula is C22H25BrN2O6S. The number of carbonyl (C=O) groups is 1. The molecule has 0 saturated heterocycles. The monoisotopic (exact) mass is 524 g/mol. The summed E-state index contributed by atoms with van der Waals surface area (Å²) in [6.07, 6.45) is 1.35. The van der Waals surface area contributed by atoms with E-state index >= 15 is 0 Å². The summed E-state index contributed by atoms with van der Waals surface area (Å²) >= 11 is 3.32. The van der Waals surface area contributed by atoms with Gasteiger partial charge in [0.25, 0.3) is 10.1 Å². The summed E-state index contributed by atoms with van der Waals surface area (Å²) in [4.78, 5) is 14.6. The number of hydrogen-bond donors (Lipinski definition) is 2. The van der Waals surface area contributed by atoms with Crippen molar-refractivity contribution in [1.29, 1.82) is 0 Å². The van der Waals surface area contributed by atoms with E-state index in [2.05, 4.69) is 15.9 Å². The highest BCUT2D eigenvalue weighted by molar-refractivity contribution is 9.10. The van der Waals surface area contributed by atoms with E-state index in [1.807, 2.05) is 11.8 Å². The third kappa shape index (κ3) is 4.68. The van der Waals surface area contributed by atoms with Crippen molar-refractivity contribution in [3.8, 4) is 5.75 Å². The second kappa shape index (κ2) is 9.22. The molecule has 1 aromatic heterocycles. The summed E-state index contributed by atoms with van der Waals surface area (Å²) < 4.78 is 42.1. The molecule has 1 unspecified atom stereocenters. The molecule has 1 atom stereocenters. The SMILES string of the molecule is CCOC(=O)c1cn(C(c2ccc(C)cc2)S(=O)(=O)O)c2cc(Br)c(O)c(CN(C)C)c12. The average molecular weight is 525 g/mol. The van der Waals surface area contributed by atoms with Crippen molar-refractivity contribution in [1.82, 2.24) is 9.47 Å². The van der Waals surface area contributed by atoms with Gasteiger partial charge in [-0.1, -0.05) is 29.8 Å². The Balaban J connectivity index is 2.44. The number of aryl methyl sites for hydroxylation is 1. The molecule has 2 N–H and O–H groups in total. The van der Waals surface area contributed by atoms with Gasteiger partial charge in [0, 0.05) is 23.7 Å². The van der Waals surface area contributed by atoms with Gasteiger partial charge in [0.15, 0.2) is 5.37 Å².